The summed E-state index contributed by atoms with van der Waals surface area (Å²) in [5.74, 6) is -0.569. The lowest BCUT2D eigenvalue weighted by atomic mass is 9.90. The van der Waals surface area contributed by atoms with Gasteiger partial charge >= 0.3 is 5.97 Å². The van der Waals surface area contributed by atoms with E-state index in [0.717, 1.165) is 38.5 Å². The molecule has 0 aliphatic heterocycles. The first-order valence-corrected chi connectivity index (χ1v) is 12.2. The van der Waals surface area contributed by atoms with Crippen molar-refractivity contribution in [3.63, 3.8) is 0 Å². The van der Waals surface area contributed by atoms with Crippen LogP contribution in [-0.2, 0) is 17.6 Å². The topological polar surface area (TPSA) is 37.3 Å². The van der Waals surface area contributed by atoms with E-state index in [-0.39, 0.29) is 5.41 Å². The molecule has 2 fully saturated rings. The third-order valence-corrected chi connectivity index (χ3v) is 7.68. The first kappa shape index (κ1) is 22.4. The van der Waals surface area contributed by atoms with Gasteiger partial charge in [0.15, 0.2) is 0 Å². The maximum atomic E-state index is 11.3. The van der Waals surface area contributed by atoms with Crippen molar-refractivity contribution in [1.29, 1.82) is 0 Å². The molecule has 1 N–H and O–H groups in total. The van der Waals surface area contributed by atoms with Crippen molar-refractivity contribution < 1.29 is 9.90 Å². The Morgan fingerprint density at radius 3 is 2.14 bits per heavy atom. The number of benzene rings is 1. The van der Waals surface area contributed by atoms with Crippen LogP contribution in [0.2, 0.25) is 0 Å². The number of aliphatic carboxylic acids is 1. The van der Waals surface area contributed by atoms with E-state index >= 15 is 0 Å². The van der Waals surface area contributed by atoms with Gasteiger partial charge in [-0.3, -0.25) is 4.79 Å². The molecule has 0 unspecified atom stereocenters. The van der Waals surface area contributed by atoms with Crippen LogP contribution in [0.1, 0.15) is 113 Å². The van der Waals surface area contributed by atoms with Crippen molar-refractivity contribution in [2.24, 2.45) is 10.8 Å². The van der Waals surface area contributed by atoms with E-state index < -0.39 is 5.97 Å². The van der Waals surface area contributed by atoms with Crippen molar-refractivity contribution in [2.45, 2.75) is 117 Å². The van der Waals surface area contributed by atoms with E-state index in [1.54, 1.807) is 11.1 Å². The summed E-state index contributed by atoms with van der Waals surface area (Å²) < 4.78 is 0. The molecule has 2 nitrogen and oxygen atoms in total. The number of unbranched alkanes of at least 4 members (excludes halogenated alkanes) is 5. The van der Waals surface area contributed by atoms with Crippen LogP contribution >= 0.6 is 0 Å². The highest BCUT2D eigenvalue weighted by Gasteiger charge is 2.49. The lowest BCUT2D eigenvalue weighted by Gasteiger charge is -2.15. The molecule has 2 heteroatoms. The normalized spacial score (nSPS) is 18.6. The van der Waals surface area contributed by atoms with Crippen LogP contribution in [0.25, 0.3) is 0 Å². The second-order valence-electron chi connectivity index (χ2n) is 10.6. The molecule has 0 spiro atoms. The maximum absolute atomic E-state index is 11.3. The highest BCUT2D eigenvalue weighted by Crippen LogP contribution is 2.50. The van der Waals surface area contributed by atoms with Crippen LogP contribution in [-0.4, -0.2) is 11.1 Å². The summed E-state index contributed by atoms with van der Waals surface area (Å²) >= 11 is 0. The first-order chi connectivity index (χ1) is 13.8. The Bertz CT molecular complexity index is 695. The van der Waals surface area contributed by atoms with Crippen LogP contribution in [0.3, 0.4) is 0 Å². The summed E-state index contributed by atoms with van der Waals surface area (Å²) in [4.78, 5) is 11.3. The quantitative estimate of drug-likeness (QED) is 0.328. The predicted octanol–water partition coefficient (Wildman–Crippen LogP) is 7.56. The molecule has 0 saturated heterocycles. The van der Waals surface area contributed by atoms with Crippen LogP contribution in [0.5, 0.6) is 0 Å². The average molecular weight is 399 g/mol. The van der Waals surface area contributed by atoms with Gasteiger partial charge in [-0.1, -0.05) is 56.7 Å². The standard InChI is InChI=1S/C27H42O2/c1-21-19-22(2)24(12-8-4-5-9-13-26(3)15-16-26)23(20-21)11-7-6-10-14-27(17-18-27)25(28)29/h19-20H,4-18H2,1-3H3,(H,28,29). The summed E-state index contributed by atoms with van der Waals surface area (Å²) in [7, 11) is 0. The highest BCUT2D eigenvalue weighted by molar-refractivity contribution is 5.77. The van der Waals surface area contributed by atoms with Gasteiger partial charge in [0.05, 0.1) is 5.41 Å². The monoisotopic (exact) mass is 398 g/mol. The molecule has 0 bridgehead atoms. The molecule has 162 valence electrons. The molecule has 29 heavy (non-hydrogen) atoms. The number of aryl methyl sites for hydroxylation is 3. The maximum Gasteiger partial charge on any atom is 0.309 e. The Kier molecular flexibility index (Phi) is 7.46. The van der Waals surface area contributed by atoms with Crippen molar-refractivity contribution in [3.05, 3.63) is 34.4 Å². The summed E-state index contributed by atoms with van der Waals surface area (Å²) in [5, 5.41) is 9.31. The van der Waals surface area contributed by atoms with Gasteiger partial charge in [-0.25, -0.2) is 0 Å². The summed E-state index contributed by atoms with van der Waals surface area (Å²) in [6, 6.07) is 4.74. The van der Waals surface area contributed by atoms with Crippen molar-refractivity contribution in [2.75, 3.05) is 0 Å². The number of carboxylic acid groups (broad SMARTS) is 1. The molecular weight excluding hydrogens is 356 g/mol. The number of hydrogen-bond donors (Lipinski definition) is 1. The number of hydrogen-bond acceptors (Lipinski definition) is 1. The molecule has 0 aromatic heterocycles. The lowest BCUT2D eigenvalue weighted by Crippen LogP contribution is -2.14. The fourth-order valence-electron chi connectivity index (χ4n) is 5.01. The minimum atomic E-state index is -0.569. The first-order valence-electron chi connectivity index (χ1n) is 12.2. The van der Waals surface area contributed by atoms with E-state index in [1.165, 1.54) is 68.9 Å². The van der Waals surface area contributed by atoms with E-state index in [4.69, 9.17) is 0 Å². The largest absolute Gasteiger partial charge is 0.481 e. The van der Waals surface area contributed by atoms with E-state index in [2.05, 4.69) is 32.9 Å². The third-order valence-electron chi connectivity index (χ3n) is 7.68. The molecular formula is C27H42O2. The Morgan fingerprint density at radius 1 is 0.862 bits per heavy atom. The molecule has 2 aliphatic carbocycles. The lowest BCUT2D eigenvalue weighted by molar-refractivity contribution is -0.143. The van der Waals surface area contributed by atoms with Crippen LogP contribution in [0.15, 0.2) is 12.1 Å². The Morgan fingerprint density at radius 2 is 1.48 bits per heavy atom. The van der Waals surface area contributed by atoms with Gasteiger partial charge in [0, 0.05) is 0 Å². The predicted molar refractivity (Wildman–Crippen MR) is 122 cm³/mol. The zero-order valence-corrected chi connectivity index (χ0v) is 19.1. The average Bonchev–Trinajstić information content (AvgIpc) is 3.57. The molecule has 0 atom stereocenters. The highest BCUT2D eigenvalue weighted by atomic mass is 16.4. The Labute approximate surface area is 178 Å². The summed E-state index contributed by atoms with van der Waals surface area (Å²) in [6.07, 6.45) is 18.3. The fourth-order valence-corrected chi connectivity index (χ4v) is 5.01. The molecule has 3 rings (SSSR count). The third kappa shape index (κ3) is 6.59. The van der Waals surface area contributed by atoms with E-state index in [0.29, 0.717) is 5.41 Å². The van der Waals surface area contributed by atoms with Gasteiger partial charge in [-0.2, -0.15) is 0 Å². The summed E-state index contributed by atoms with van der Waals surface area (Å²) in [5.41, 5.74) is 6.35. The smallest absolute Gasteiger partial charge is 0.309 e. The van der Waals surface area contributed by atoms with Crippen LogP contribution < -0.4 is 0 Å². The SMILES string of the molecule is Cc1cc(C)c(CCCCCCC2(C)CC2)c(CCCCCC2(C(=O)O)CC2)c1. The van der Waals surface area contributed by atoms with Gasteiger partial charge in [0.1, 0.15) is 0 Å². The minimum absolute atomic E-state index is 0.345. The second kappa shape index (κ2) is 9.67. The van der Waals surface area contributed by atoms with E-state index in [9.17, 15) is 9.90 Å². The number of carboxylic acids is 1. The van der Waals surface area contributed by atoms with Gasteiger partial charge < -0.3 is 5.11 Å². The molecule has 0 radical (unpaired) electrons. The molecule has 2 saturated carbocycles. The molecule has 1 aromatic rings. The van der Waals surface area contributed by atoms with Gasteiger partial charge in [0.2, 0.25) is 0 Å². The summed E-state index contributed by atoms with van der Waals surface area (Å²) in [6.45, 7) is 6.94. The van der Waals surface area contributed by atoms with Gasteiger partial charge in [-0.05, 0) is 100 Å². The zero-order chi connectivity index (χ0) is 20.9. The Hall–Kier alpha value is -1.31. The van der Waals surface area contributed by atoms with Crippen LogP contribution in [0.4, 0.5) is 0 Å². The van der Waals surface area contributed by atoms with E-state index in [1.807, 2.05) is 0 Å². The van der Waals surface area contributed by atoms with Gasteiger partial charge in [0.25, 0.3) is 0 Å². The second-order valence-corrected chi connectivity index (χ2v) is 10.6. The molecule has 0 heterocycles. The minimum Gasteiger partial charge on any atom is -0.481 e. The number of rotatable bonds is 14. The van der Waals surface area contributed by atoms with Crippen molar-refractivity contribution in [1.82, 2.24) is 0 Å². The number of carbonyl (C=O) groups is 1. The molecule has 0 amide bonds. The zero-order valence-electron chi connectivity index (χ0n) is 19.1. The van der Waals surface area contributed by atoms with Gasteiger partial charge in [-0.15, -0.1) is 0 Å². The molecule has 2 aliphatic rings. The van der Waals surface area contributed by atoms with Crippen molar-refractivity contribution >= 4 is 5.97 Å². The Balaban J connectivity index is 1.39. The van der Waals surface area contributed by atoms with Crippen LogP contribution in [0, 0.1) is 24.7 Å². The fraction of sp³-hybridized carbons (Fsp3) is 0.741. The van der Waals surface area contributed by atoms with Crippen molar-refractivity contribution in [3.8, 4) is 0 Å². The molecule has 1 aromatic carbocycles.